The zero-order valence-corrected chi connectivity index (χ0v) is 15.5. The first-order chi connectivity index (χ1) is 12.6. The third kappa shape index (κ3) is 3.13. The summed E-state index contributed by atoms with van der Waals surface area (Å²) in [5, 5.41) is 6.32. The Balaban J connectivity index is 1.62. The summed E-state index contributed by atoms with van der Waals surface area (Å²) < 4.78 is 1.38. The van der Waals surface area contributed by atoms with Crippen molar-refractivity contribution < 1.29 is 4.79 Å². The van der Waals surface area contributed by atoms with E-state index < -0.39 is 0 Å². The number of rotatable bonds is 3. The molecule has 3 aromatic rings. The highest BCUT2D eigenvalue weighted by Crippen LogP contribution is 2.28. The van der Waals surface area contributed by atoms with E-state index in [0.29, 0.717) is 34.9 Å². The Hall–Kier alpha value is -2.22. The van der Waals surface area contributed by atoms with E-state index in [4.69, 9.17) is 11.6 Å². The summed E-state index contributed by atoms with van der Waals surface area (Å²) in [6, 6.07) is 9.14. The summed E-state index contributed by atoms with van der Waals surface area (Å²) in [4.78, 5) is 32.3. The summed E-state index contributed by atoms with van der Waals surface area (Å²) in [6.07, 6.45) is 1.45. The van der Waals surface area contributed by atoms with Crippen molar-refractivity contribution in [2.75, 3.05) is 19.6 Å². The van der Waals surface area contributed by atoms with E-state index in [2.05, 4.69) is 10.3 Å². The predicted molar refractivity (Wildman–Crippen MR) is 103 cm³/mol. The van der Waals surface area contributed by atoms with Crippen molar-refractivity contribution in [2.45, 2.75) is 12.6 Å². The third-order valence-corrected chi connectivity index (χ3v) is 5.75. The topological polar surface area (TPSA) is 67.2 Å². The maximum absolute atomic E-state index is 13.0. The van der Waals surface area contributed by atoms with Crippen LogP contribution in [0.4, 0.5) is 0 Å². The molecule has 1 fully saturated rings. The molecule has 1 saturated heterocycles. The Morgan fingerprint density at radius 2 is 2.19 bits per heavy atom. The molecule has 1 N–H and O–H groups in total. The summed E-state index contributed by atoms with van der Waals surface area (Å²) in [5.74, 6) is -0.116. The number of thiophene rings is 1. The monoisotopic (exact) mass is 388 g/mol. The molecule has 0 spiro atoms. The first-order valence-electron chi connectivity index (χ1n) is 8.32. The molecule has 3 heterocycles. The summed E-state index contributed by atoms with van der Waals surface area (Å²) in [6.45, 7) is 1.88. The van der Waals surface area contributed by atoms with Gasteiger partial charge in [0, 0.05) is 24.7 Å². The summed E-state index contributed by atoms with van der Waals surface area (Å²) in [5.41, 5.74) is 0.725. The minimum atomic E-state index is -0.186. The molecule has 26 heavy (non-hydrogen) atoms. The minimum absolute atomic E-state index is 0.0292. The quantitative estimate of drug-likeness (QED) is 0.747. The number of carbonyl (C=O) groups is 1. The van der Waals surface area contributed by atoms with Crippen LogP contribution in [-0.2, 0) is 11.3 Å². The van der Waals surface area contributed by atoms with E-state index in [0.717, 1.165) is 5.56 Å². The lowest BCUT2D eigenvalue weighted by Crippen LogP contribution is -2.50. The SMILES string of the molecule is O=C(Cn1cnc2sccc2c1=O)N1CCNCC1c1ccccc1Cl. The first-order valence-corrected chi connectivity index (χ1v) is 9.58. The van der Waals surface area contributed by atoms with E-state index in [-0.39, 0.29) is 24.1 Å². The number of hydrogen-bond donors (Lipinski definition) is 1. The van der Waals surface area contributed by atoms with Gasteiger partial charge < -0.3 is 10.2 Å². The normalized spacial score (nSPS) is 17.6. The fourth-order valence-electron chi connectivity index (χ4n) is 3.27. The van der Waals surface area contributed by atoms with E-state index in [9.17, 15) is 9.59 Å². The van der Waals surface area contributed by atoms with Crippen LogP contribution in [-0.4, -0.2) is 40.0 Å². The van der Waals surface area contributed by atoms with Gasteiger partial charge in [0.25, 0.3) is 5.56 Å². The smallest absolute Gasteiger partial charge is 0.262 e. The molecule has 2 aromatic heterocycles. The molecule has 0 aliphatic carbocycles. The van der Waals surface area contributed by atoms with Gasteiger partial charge in [0.15, 0.2) is 0 Å². The Morgan fingerprint density at radius 1 is 1.35 bits per heavy atom. The number of amides is 1. The number of halogens is 1. The van der Waals surface area contributed by atoms with E-state index >= 15 is 0 Å². The Morgan fingerprint density at radius 3 is 3.04 bits per heavy atom. The van der Waals surface area contributed by atoms with Gasteiger partial charge in [-0.05, 0) is 23.1 Å². The highest BCUT2D eigenvalue weighted by atomic mass is 35.5. The lowest BCUT2D eigenvalue weighted by molar-refractivity contribution is -0.135. The number of nitrogens with one attached hydrogen (secondary N) is 1. The van der Waals surface area contributed by atoms with Gasteiger partial charge in [0.05, 0.1) is 17.8 Å². The van der Waals surface area contributed by atoms with Gasteiger partial charge >= 0.3 is 0 Å². The van der Waals surface area contributed by atoms with Crippen LogP contribution in [0, 0.1) is 0 Å². The summed E-state index contributed by atoms with van der Waals surface area (Å²) in [7, 11) is 0. The van der Waals surface area contributed by atoms with Crippen molar-refractivity contribution >= 4 is 39.1 Å². The van der Waals surface area contributed by atoms with Crippen molar-refractivity contribution in [2.24, 2.45) is 0 Å². The average Bonchev–Trinajstić information content (AvgIpc) is 3.14. The maximum atomic E-state index is 13.0. The lowest BCUT2D eigenvalue weighted by atomic mass is 10.0. The molecule has 6 nitrogen and oxygen atoms in total. The fourth-order valence-corrected chi connectivity index (χ4v) is 4.25. The predicted octanol–water partition coefficient (Wildman–Crippen LogP) is 2.28. The van der Waals surface area contributed by atoms with Crippen LogP contribution in [0.2, 0.25) is 5.02 Å². The number of piperazine rings is 1. The Labute approximate surface area is 159 Å². The van der Waals surface area contributed by atoms with Crippen LogP contribution in [0.3, 0.4) is 0 Å². The van der Waals surface area contributed by atoms with Gasteiger partial charge in [-0.15, -0.1) is 11.3 Å². The standard InChI is InChI=1S/C18H17ClN4O2S/c19-14-4-2-1-3-12(14)15-9-20-6-7-23(15)16(24)10-22-11-21-17-13(18(22)25)5-8-26-17/h1-5,8,11,15,20H,6-7,9-10H2. The van der Waals surface area contributed by atoms with Crippen molar-refractivity contribution in [1.82, 2.24) is 19.8 Å². The molecule has 1 amide bonds. The molecule has 1 atom stereocenters. The number of nitrogens with zero attached hydrogens (tertiary/aromatic N) is 3. The molecule has 1 aliphatic heterocycles. The van der Waals surface area contributed by atoms with Gasteiger partial charge in [-0.1, -0.05) is 29.8 Å². The zero-order valence-electron chi connectivity index (χ0n) is 13.9. The van der Waals surface area contributed by atoms with E-state index in [1.54, 1.807) is 11.0 Å². The lowest BCUT2D eigenvalue weighted by Gasteiger charge is -2.37. The number of aromatic nitrogens is 2. The molecule has 0 bridgehead atoms. The molecule has 4 rings (SSSR count). The Kier molecular flexibility index (Phi) is 4.76. The molecule has 1 unspecified atom stereocenters. The van der Waals surface area contributed by atoms with Gasteiger partial charge in [-0.3, -0.25) is 14.2 Å². The van der Waals surface area contributed by atoms with Gasteiger partial charge in [0.1, 0.15) is 11.4 Å². The molecule has 1 aliphatic rings. The minimum Gasteiger partial charge on any atom is -0.331 e. The van der Waals surface area contributed by atoms with Crippen molar-refractivity contribution in [1.29, 1.82) is 0 Å². The van der Waals surface area contributed by atoms with E-state index in [1.807, 2.05) is 29.6 Å². The largest absolute Gasteiger partial charge is 0.331 e. The number of hydrogen-bond acceptors (Lipinski definition) is 5. The zero-order chi connectivity index (χ0) is 18.1. The van der Waals surface area contributed by atoms with Crippen LogP contribution in [0.25, 0.3) is 10.2 Å². The van der Waals surface area contributed by atoms with Crippen LogP contribution >= 0.6 is 22.9 Å². The number of benzene rings is 1. The molecule has 0 saturated carbocycles. The van der Waals surface area contributed by atoms with E-state index in [1.165, 1.54) is 22.2 Å². The second-order valence-electron chi connectivity index (χ2n) is 6.15. The van der Waals surface area contributed by atoms with Crippen LogP contribution in [0.5, 0.6) is 0 Å². The third-order valence-electron chi connectivity index (χ3n) is 4.58. The Bertz CT molecular complexity index is 1020. The molecule has 134 valence electrons. The molecule has 0 radical (unpaired) electrons. The number of carbonyl (C=O) groups excluding carboxylic acids is 1. The average molecular weight is 389 g/mol. The molecule has 8 heteroatoms. The second-order valence-corrected chi connectivity index (χ2v) is 7.45. The van der Waals surface area contributed by atoms with Crippen LogP contribution in [0.15, 0.2) is 46.8 Å². The van der Waals surface area contributed by atoms with Crippen LogP contribution < -0.4 is 10.9 Å². The van der Waals surface area contributed by atoms with Crippen molar-refractivity contribution in [3.63, 3.8) is 0 Å². The van der Waals surface area contributed by atoms with Gasteiger partial charge in [-0.2, -0.15) is 0 Å². The highest BCUT2D eigenvalue weighted by Gasteiger charge is 2.29. The first kappa shape index (κ1) is 17.2. The summed E-state index contributed by atoms with van der Waals surface area (Å²) >= 11 is 7.75. The maximum Gasteiger partial charge on any atom is 0.262 e. The van der Waals surface area contributed by atoms with Crippen molar-refractivity contribution in [3.8, 4) is 0 Å². The molecule has 1 aromatic carbocycles. The molecular weight excluding hydrogens is 372 g/mol. The highest BCUT2D eigenvalue weighted by molar-refractivity contribution is 7.16. The second kappa shape index (κ2) is 7.19. The van der Waals surface area contributed by atoms with Crippen molar-refractivity contribution in [3.05, 3.63) is 63.0 Å². The fraction of sp³-hybridized carbons (Fsp3) is 0.278. The van der Waals surface area contributed by atoms with Gasteiger partial charge in [0.2, 0.25) is 5.91 Å². The van der Waals surface area contributed by atoms with Gasteiger partial charge in [-0.25, -0.2) is 4.98 Å². The van der Waals surface area contributed by atoms with Crippen LogP contribution in [0.1, 0.15) is 11.6 Å². The number of fused-ring (bicyclic) bond motifs is 1. The molecular formula is C18H17ClN4O2S.